The second-order valence-electron chi connectivity index (χ2n) is 4.65. The summed E-state index contributed by atoms with van der Waals surface area (Å²) in [6.45, 7) is 4.13. The van der Waals surface area contributed by atoms with Crippen LogP contribution in [-0.2, 0) is 0 Å². The van der Waals surface area contributed by atoms with E-state index in [1.165, 1.54) is 0 Å². The smallest absolute Gasteiger partial charge is 0.158 e. The summed E-state index contributed by atoms with van der Waals surface area (Å²) in [6.07, 6.45) is 3.94. The zero-order valence-corrected chi connectivity index (χ0v) is 9.98. The third-order valence-electron chi connectivity index (χ3n) is 3.41. The van der Waals surface area contributed by atoms with Gasteiger partial charge >= 0.3 is 0 Å². The van der Waals surface area contributed by atoms with Gasteiger partial charge in [0.1, 0.15) is 0 Å². The fraction of sp³-hybridized carbons (Fsp3) is 0.500. The molecule has 0 radical (unpaired) electrons. The van der Waals surface area contributed by atoms with E-state index in [1.807, 2.05) is 13.0 Å². The third-order valence-corrected chi connectivity index (χ3v) is 3.41. The Morgan fingerprint density at radius 2 is 2.18 bits per heavy atom. The number of hydrogen-bond donors (Lipinski definition) is 2. The molecule has 1 aliphatic rings. The molecule has 1 aliphatic heterocycles. The van der Waals surface area contributed by atoms with Gasteiger partial charge in [-0.05, 0) is 38.9 Å². The van der Waals surface area contributed by atoms with Crippen molar-refractivity contribution >= 4 is 16.7 Å². The minimum atomic E-state index is 0.462. The number of nitrogens with one attached hydrogen (secondary N) is 1. The molecule has 1 fully saturated rings. The van der Waals surface area contributed by atoms with E-state index in [2.05, 4.69) is 20.1 Å². The SMILES string of the molecule is Cc1nn(C2CCNCC2)c2ncc(N)cc12. The number of anilines is 1. The lowest BCUT2D eigenvalue weighted by molar-refractivity contribution is 0.349. The van der Waals surface area contributed by atoms with E-state index in [0.29, 0.717) is 11.7 Å². The predicted octanol–water partition coefficient (Wildman–Crippen LogP) is 1.25. The standard InChI is InChI=1S/C12H17N5/c1-8-11-6-9(13)7-15-12(11)17(16-8)10-2-4-14-5-3-10/h6-7,10,14H,2-5,13H2,1H3. The summed E-state index contributed by atoms with van der Waals surface area (Å²) in [5.41, 5.74) is 8.44. The Bertz CT molecular complexity index is 539. The second-order valence-corrected chi connectivity index (χ2v) is 4.65. The molecule has 3 rings (SSSR count). The fourth-order valence-electron chi connectivity index (χ4n) is 2.49. The van der Waals surface area contributed by atoms with E-state index < -0.39 is 0 Å². The first-order chi connectivity index (χ1) is 8.25. The van der Waals surface area contributed by atoms with Crippen molar-refractivity contribution in [2.24, 2.45) is 0 Å². The van der Waals surface area contributed by atoms with Gasteiger partial charge in [-0.25, -0.2) is 9.67 Å². The van der Waals surface area contributed by atoms with E-state index in [-0.39, 0.29) is 0 Å². The summed E-state index contributed by atoms with van der Waals surface area (Å²) in [4.78, 5) is 4.43. The zero-order valence-electron chi connectivity index (χ0n) is 9.98. The summed E-state index contributed by atoms with van der Waals surface area (Å²) < 4.78 is 2.07. The zero-order chi connectivity index (χ0) is 11.8. The Morgan fingerprint density at radius 1 is 1.41 bits per heavy atom. The van der Waals surface area contributed by atoms with Gasteiger partial charge in [-0.15, -0.1) is 0 Å². The van der Waals surface area contributed by atoms with Crippen LogP contribution in [0.3, 0.4) is 0 Å². The Hall–Kier alpha value is -1.62. The summed E-state index contributed by atoms with van der Waals surface area (Å²) >= 11 is 0. The Labute approximate surface area is 100 Å². The van der Waals surface area contributed by atoms with Crippen LogP contribution in [0.5, 0.6) is 0 Å². The average molecular weight is 231 g/mol. The lowest BCUT2D eigenvalue weighted by Gasteiger charge is -2.23. The van der Waals surface area contributed by atoms with Crippen LogP contribution in [0.1, 0.15) is 24.6 Å². The maximum Gasteiger partial charge on any atom is 0.158 e. The first-order valence-corrected chi connectivity index (χ1v) is 6.07. The van der Waals surface area contributed by atoms with Crippen LogP contribution >= 0.6 is 0 Å². The molecule has 5 nitrogen and oxygen atoms in total. The molecule has 0 bridgehead atoms. The number of nitrogens with two attached hydrogens (primary N) is 1. The van der Waals surface area contributed by atoms with Gasteiger partial charge in [-0.3, -0.25) is 0 Å². The van der Waals surface area contributed by atoms with Crippen molar-refractivity contribution in [3.63, 3.8) is 0 Å². The van der Waals surface area contributed by atoms with E-state index >= 15 is 0 Å². The first kappa shape index (κ1) is 10.5. The van der Waals surface area contributed by atoms with Gasteiger partial charge in [0.05, 0.1) is 23.6 Å². The molecular weight excluding hydrogens is 214 g/mol. The van der Waals surface area contributed by atoms with Crippen molar-refractivity contribution < 1.29 is 0 Å². The Kier molecular flexibility index (Phi) is 2.48. The average Bonchev–Trinajstić information content (AvgIpc) is 2.68. The van der Waals surface area contributed by atoms with Gasteiger partial charge < -0.3 is 11.1 Å². The molecule has 90 valence electrons. The molecule has 3 heterocycles. The van der Waals surface area contributed by atoms with Crippen molar-refractivity contribution in [1.82, 2.24) is 20.1 Å². The normalized spacial score (nSPS) is 17.7. The molecule has 0 unspecified atom stereocenters. The molecule has 5 heteroatoms. The molecular formula is C12H17N5. The van der Waals surface area contributed by atoms with Crippen LogP contribution < -0.4 is 11.1 Å². The van der Waals surface area contributed by atoms with Gasteiger partial charge in [0.2, 0.25) is 0 Å². The highest BCUT2D eigenvalue weighted by molar-refractivity contribution is 5.81. The molecule has 0 saturated carbocycles. The highest BCUT2D eigenvalue weighted by Crippen LogP contribution is 2.25. The van der Waals surface area contributed by atoms with Crippen molar-refractivity contribution in [3.8, 4) is 0 Å². The van der Waals surface area contributed by atoms with Gasteiger partial charge in [-0.2, -0.15) is 5.10 Å². The second kappa shape index (κ2) is 4.00. The molecule has 2 aromatic heterocycles. The number of aromatic nitrogens is 3. The highest BCUT2D eigenvalue weighted by Gasteiger charge is 2.19. The molecule has 0 spiro atoms. The number of rotatable bonds is 1. The van der Waals surface area contributed by atoms with Crippen LogP contribution in [0.25, 0.3) is 11.0 Å². The molecule has 0 aliphatic carbocycles. The van der Waals surface area contributed by atoms with E-state index in [0.717, 1.165) is 42.7 Å². The monoisotopic (exact) mass is 231 g/mol. The fourth-order valence-corrected chi connectivity index (χ4v) is 2.49. The topological polar surface area (TPSA) is 68.8 Å². The number of pyridine rings is 1. The maximum absolute atomic E-state index is 5.77. The number of piperidine rings is 1. The van der Waals surface area contributed by atoms with Gasteiger partial charge in [0.15, 0.2) is 5.65 Å². The first-order valence-electron chi connectivity index (χ1n) is 6.07. The molecule has 17 heavy (non-hydrogen) atoms. The minimum absolute atomic E-state index is 0.462. The number of aryl methyl sites for hydroxylation is 1. The highest BCUT2D eigenvalue weighted by atomic mass is 15.3. The Balaban J connectivity index is 2.10. The summed E-state index contributed by atoms with van der Waals surface area (Å²) in [5, 5.41) is 9.07. The summed E-state index contributed by atoms with van der Waals surface area (Å²) in [6, 6.07) is 2.42. The van der Waals surface area contributed by atoms with Gasteiger partial charge in [-0.1, -0.05) is 0 Å². The summed E-state index contributed by atoms with van der Waals surface area (Å²) in [5.74, 6) is 0. The minimum Gasteiger partial charge on any atom is -0.397 e. The van der Waals surface area contributed by atoms with E-state index in [1.54, 1.807) is 6.20 Å². The quantitative estimate of drug-likeness (QED) is 0.775. The molecule has 0 amide bonds. The van der Waals surface area contributed by atoms with Crippen LogP contribution in [-0.4, -0.2) is 27.9 Å². The molecule has 1 saturated heterocycles. The van der Waals surface area contributed by atoms with Crippen LogP contribution in [0.4, 0.5) is 5.69 Å². The summed E-state index contributed by atoms with van der Waals surface area (Å²) in [7, 11) is 0. The maximum atomic E-state index is 5.77. The van der Waals surface area contributed by atoms with Crippen molar-refractivity contribution in [2.45, 2.75) is 25.8 Å². The van der Waals surface area contributed by atoms with Crippen molar-refractivity contribution in [1.29, 1.82) is 0 Å². The lowest BCUT2D eigenvalue weighted by Crippen LogP contribution is -2.30. The molecule has 3 N–H and O–H groups in total. The van der Waals surface area contributed by atoms with Crippen molar-refractivity contribution in [3.05, 3.63) is 18.0 Å². The van der Waals surface area contributed by atoms with Crippen LogP contribution in [0.2, 0.25) is 0 Å². The molecule has 2 aromatic rings. The number of hydrogen-bond acceptors (Lipinski definition) is 4. The lowest BCUT2D eigenvalue weighted by atomic mass is 10.1. The van der Waals surface area contributed by atoms with Crippen molar-refractivity contribution in [2.75, 3.05) is 18.8 Å². The van der Waals surface area contributed by atoms with E-state index in [9.17, 15) is 0 Å². The largest absolute Gasteiger partial charge is 0.397 e. The number of nitrogens with zero attached hydrogens (tertiary/aromatic N) is 3. The number of nitrogen functional groups attached to an aromatic ring is 1. The molecule has 0 atom stereocenters. The molecule has 0 aromatic carbocycles. The van der Waals surface area contributed by atoms with Gasteiger partial charge in [0, 0.05) is 5.39 Å². The number of fused-ring (bicyclic) bond motifs is 1. The van der Waals surface area contributed by atoms with Gasteiger partial charge in [0.25, 0.3) is 0 Å². The van der Waals surface area contributed by atoms with E-state index in [4.69, 9.17) is 5.73 Å². The third kappa shape index (κ3) is 1.76. The van der Waals surface area contributed by atoms with Crippen LogP contribution in [0.15, 0.2) is 12.3 Å². The van der Waals surface area contributed by atoms with Crippen LogP contribution in [0, 0.1) is 6.92 Å². The Morgan fingerprint density at radius 3 is 2.94 bits per heavy atom. The predicted molar refractivity (Wildman–Crippen MR) is 67.8 cm³/mol.